The minimum absolute atomic E-state index is 0.0850. The van der Waals surface area contributed by atoms with Gasteiger partial charge < -0.3 is 4.74 Å². The lowest BCUT2D eigenvalue weighted by Crippen LogP contribution is -2.00. The molecule has 1 rings (SSSR count). The van der Waals surface area contributed by atoms with Gasteiger partial charge in [0.15, 0.2) is 0 Å². The van der Waals surface area contributed by atoms with Gasteiger partial charge in [-0.05, 0) is 18.2 Å². The summed E-state index contributed by atoms with van der Waals surface area (Å²) in [6, 6.07) is 5.26. The van der Waals surface area contributed by atoms with Crippen LogP contribution < -0.4 is 4.74 Å². The lowest BCUT2D eigenvalue weighted by molar-refractivity contribution is 0.271. The quantitative estimate of drug-likeness (QED) is 0.758. The van der Waals surface area contributed by atoms with Crippen LogP contribution in [-0.2, 0) is 5.33 Å². The predicted molar refractivity (Wildman–Crippen MR) is 55.6 cm³/mol. The summed E-state index contributed by atoms with van der Waals surface area (Å²) >= 11 is 9.08. The number of benzene rings is 1. The fourth-order valence-electron chi connectivity index (χ4n) is 0.942. The van der Waals surface area contributed by atoms with Gasteiger partial charge in [-0.3, -0.25) is 0 Å². The molecule has 1 aromatic carbocycles. The average Bonchev–Trinajstić information content (AvgIpc) is 2.16. The van der Waals surface area contributed by atoms with Crippen molar-refractivity contribution in [2.45, 2.75) is 5.33 Å². The molecule has 0 aliphatic heterocycles. The van der Waals surface area contributed by atoms with Gasteiger partial charge in [0.1, 0.15) is 19.0 Å². The minimum Gasteiger partial charge on any atom is -0.491 e. The molecule has 0 radical (unpaired) electrons. The van der Waals surface area contributed by atoms with Crippen LogP contribution in [0.15, 0.2) is 18.2 Å². The van der Waals surface area contributed by atoms with Crippen LogP contribution in [0.1, 0.15) is 5.56 Å². The Morgan fingerprint density at radius 3 is 2.85 bits per heavy atom. The molecule has 0 amide bonds. The normalized spacial score (nSPS) is 10.1. The monoisotopic (exact) mass is 266 g/mol. The van der Waals surface area contributed by atoms with Crippen molar-refractivity contribution in [2.24, 2.45) is 0 Å². The lowest BCUT2D eigenvalue weighted by Gasteiger charge is -2.08. The van der Waals surface area contributed by atoms with E-state index in [1.807, 2.05) is 0 Å². The minimum atomic E-state index is -0.482. The maximum atomic E-state index is 11.8. The van der Waals surface area contributed by atoms with Crippen LogP contribution in [0.4, 0.5) is 4.39 Å². The van der Waals surface area contributed by atoms with Gasteiger partial charge in [0.05, 0.1) is 0 Å². The van der Waals surface area contributed by atoms with Crippen LogP contribution in [0.5, 0.6) is 5.75 Å². The summed E-state index contributed by atoms with van der Waals surface area (Å²) in [5.41, 5.74) is 0.931. The Morgan fingerprint density at radius 2 is 2.23 bits per heavy atom. The van der Waals surface area contributed by atoms with Gasteiger partial charge in [0.25, 0.3) is 0 Å². The predicted octanol–water partition coefficient (Wildman–Crippen LogP) is 3.58. The maximum Gasteiger partial charge on any atom is 0.123 e. The highest BCUT2D eigenvalue weighted by atomic mass is 79.9. The van der Waals surface area contributed by atoms with E-state index in [0.29, 0.717) is 16.1 Å². The summed E-state index contributed by atoms with van der Waals surface area (Å²) in [7, 11) is 0. The maximum absolute atomic E-state index is 11.8. The summed E-state index contributed by atoms with van der Waals surface area (Å²) in [5, 5.41) is 1.30. The summed E-state index contributed by atoms with van der Waals surface area (Å²) < 4.78 is 17.0. The van der Waals surface area contributed by atoms with E-state index in [-0.39, 0.29) is 6.61 Å². The van der Waals surface area contributed by atoms with Crippen molar-refractivity contribution in [3.8, 4) is 5.75 Å². The molecular formula is C9H9BrClFO. The Labute approximate surface area is 90.0 Å². The van der Waals surface area contributed by atoms with Crippen molar-refractivity contribution in [3.63, 3.8) is 0 Å². The highest BCUT2D eigenvalue weighted by Gasteiger charge is 2.02. The molecule has 0 N–H and O–H groups in total. The zero-order valence-electron chi connectivity index (χ0n) is 6.90. The molecule has 0 aliphatic rings. The van der Waals surface area contributed by atoms with E-state index in [9.17, 15) is 4.39 Å². The molecular weight excluding hydrogens is 258 g/mol. The molecule has 0 aromatic heterocycles. The zero-order chi connectivity index (χ0) is 9.68. The first-order chi connectivity index (χ1) is 6.27. The van der Waals surface area contributed by atoms with Gasteiger partial charge in [-0.15, -0.1) is 0 Å². The molecule has 1 aromatic rings. The van der Waals surface area contributed by atoms with Crippen molar-refractivity contribution in [1.82, 2.24) is 0 Å². The number of rotatable bonds is 4. The second-order valence-corrected chi connectivity index (χ2v) is 3.42. The summed E-state index contributed by atoms with van der Waals surface area (Å²) in [4.78, 5) is 0. The largest absolute Gasteiger partial charge is 0.491 e. The molecule has 13 heavy (non-hydrogen) atoms. The average molecular weight is 268 g/mol. The standard InChI is InChI=1S/C9H9BrClFO/c10-6-7-5-8(11)1-2-9(7)13-4-3-12/h1-2,5H,3-4,6H2. The Bertz CT molecular complexity index is 280. The van der Waals surface area contributed by atoms with E-state index in [1.54, 1.807) is 18.2 Å². The van der Waals surface area contributed by atoms with E-state index in [2.05, 4.69) is 15.9 Å². The number of alkyl halides is 2. The van der Waals surface area contributed by atoms with E-state index in [1.165, 1.54) is 0 Å². The smallest absolute Gasteiger partial charge is 0.123 e. The molecule has 0 heterocycles. The Hall–Kier alpha value is -0.280. The highest BCUT2D eigenvalue weighted by Crippen LogP contribution is 2.24. The Balaban J connectivity index is 2.79. The summed E-state index contributed by atoms with van der Waals surface area (Å²) in [6.07, 6.45) is 0. The van der Waals surface area contributed by atoms with Gasteiger partial charge >= 0.3 is 0 Å². The van der Waals surface area contributed by atoms with Crippen LogP contribution in [-0.4, -0.2) is 13.3 Å². The van der Waals surface area contributed by atoms with Crippen molar-refractivity contribution in [2.75, 3.05) is 13.3 Å². The first kappa shape index (κ1) is 10.8. The van der Waals surface area contributed by atoms with Crippen LogP contribution in [0, 0.1) is 0 Å². The van der Waals surface area contributed by atoms with Gasteiger partial charge in [0.2, 0.25) is 0 Å². The van der Waals surface area contributed by atoms with E-state index < -0.39 is 6.67 Å². The second kappa shape index (κ2) is 5.45. The topological polar surface area (TPSA) is 9.23 Å². The summed E-state index contributed by atoms with van der Waals surface area (Å²) in [5.74, 6) is 0.680. The molecule has 4 heteroatoms. The van der Waals surface area contributed by atoms with Crippen molar-refractivity contribution >= 4 is 27.5 Å². The van der Waals surface area contributed by atoms with Gasteiger partial charge in [-0.2, -0.15) is 0 Å². The third-order valence-corrected chi connectivity index (χ3v) is 2.34. The molecule has 0 aliphatic carbocycles. The van der Waals surface area contributed by atoms with Crippen LogP contribution in [0.3, 0.4) is 0 Å². The fourth-order valence-corrected chi connectivity index (χ4v) is 1.57. The van der Waals surface area contributed by atoms with E-state index in [0.717, 1.165) is 5.56 Å². The zero-order valence-corrected chi connectivity index (χ0v) is 9.24. The van der Waals surface area contributed by atoms with Crippen molar-refractivity contribution < 1.29 is 9.13 Å². The van der Waals surface area contributed by atoms with Crippen molar-refractivity contribution in [3.05, 3.63) is 28.8 Å². The molecule has 0 spiro atoms. The van der Waals surface area contributed by atoms with Gasteiger partial charge in [-0.25, -0.2) is 4.39 Å². The van der Waals surface area contributed by atoms with Crippen molar-refractivity contribution in [1.29, 1.82) is 0 Å². The lowest BCUT2D eigenvalue weighted by atomic mass is 10.2. The SMILES string of the molecule is FCCOc1ccc(Cl)cc1CBr. The van der Waals surface area contributed by atoms with E-state index >= 15 is 0 Å². The molecule has 0 saturated heterocycles. The molecule has 0 atom stereocenters. The van der Waals surface area contributed by atoms with Crippen LogP contribution >= 0.6 is 27.5 Å². The molecule has 72 valence electrons. The van der Waals surface area contributed by atoms with Gasteiger partial charge in [-0.1, -0.05) is 27.5 Å². The molecule has 1 nitrogen and oxygen atoms in total. The van der Waals surface area contributed by atoms with Crippen LogP contribution in [0.25, 0.3) is 0 Å². The van der Waals surface area contributed by atoms with Crippen LogP contribution in [0.2, 0.25) is 5.02 Å². The van der Waals surface area contributed by atoms with Gasteiger partial charge in [0, 0.05) is 15.9 Å². The summed E-state index contributed by atoms with van der Waals surface area (Å²) in [6.45, 7) is -0.397. The first-order valence-corrected chi connectivity index (χ1v) is 5.31. The Morgan fingerprint density at radius 1 is 1.46 bits per heavy atom. The number of hydrogen-bond acceptors (Lipinski definition) is 1. The third kappa shape index (κ3) is 3.16. The fraction of sp³-hybridized carbons (Fsp3) is 0.333. The Kier molecular flexibility index (Phi) is 4.53. The molecule has 0 saturated carbocycles. The highest BCUT2D eigenvalue weighted by molar-refractivity contribution is 9.08. The third-order valence-electron chi connectivity index (χ3n) is 1.50. The van der Waals surface area contributed by atoms with E-state index in [4.69, 9.17) is 16.3 Å². The molecule has 0 fully saturated rings. The second-order valence-electron chi connectivity index (χ2n) is 2.42. The molecule has 0 bridgehead atoms. The number of halogens is 3. The number of hydrogen-bond donors (Lipinski definition) is 0. The molecule has 0 unspecified atom stereocenters. The first-order valence-electron chi connectivity index (χ1n) is 3.81. The number of ether oxygens (including phenoxy) is 1.